The normalized spacial score (nSPS) is 17.6. The lowest BCUT2D eigenvalue weighted by molar-refractivity contribution is 0.584. The Hall–Kier alpha value is -0.870. The Labute approximate surface area is 142 Å². The van der Waals surface area contributed by atoms with Gasteiger partial charge in [0.2, 0.25) is 10.0 Å². The third-order valence-corrected chi connectivity index (χ3v) is 4.50. The van der Waals surface area contributed by atoms with Crippen molar-refractivity contribution in [3.63, 3.8) is 0 Å². The van der Waals surface area contributed by atoms with Crippen LogP contribution >= 0.6 is 24.0 Å². The van der Waals surface area contributed by atoms with E-state index in [0.717, 1.165) is 18.1 Å². The highest BCUT2D eigenvalue weighted by molar-refractivity contribution is 14.0. The van der Waals surface area contributed by atoms with Gasteiger partial charge in [-0.05, 0) is 24.6 Å². The Bertz CT molecular complexity index is 587. The summed E-state index contributed by atoms with van der Waals surface area (Å²) in [4.78, 5) is 4.59. The second-order valence-corrected chi connectivity index (χ2v) is 6.50. The molecule has 1 unspecified atom stereocenters. The molecule has 2 rings (SSSR count). The van der Waals surface area contributed by atoms with Crippen LogP contribution in [0.5, 0.6) is 0 Å². The second kappa shape index (κ2) is 7.95. The van der Waals surface area contributed by atoms with Crippen LogP contribution in [0.3, 0.4) is 0 Å². The molecule has 6 nitrogen and oxygen atoms in total. The summed E-state index contributed by atoms with van der Waals surface area (Å²) in [7, 11) is -3.37. The minimum absolute atomic E-state index is 0. The third kappa shape index (κ3) is 5.11. The summed E-state index contributed by atoms with van der Waals surface area (Å²) in [6.45, 7) is 5.60. The molecular formula is C13H21IN4O2S. The SMILES string of the molecule is CCNS(=O)(=O)c1ccc(CNC2=NCC(C)N2)cc1.I. The molecule has 1 aliphatic rings. The lowest BCUT2D eigenvalue weighted by Crippen LogP contribution is -2.37. The van der Waals surface area contributed by atoms with Gasteiger partial charge >= 0.3 is 0 Å². The van der Waals surface area contributed by atoms with Crippen molar-refractivity contribution in [2.24, 2.45) is 4.99 Å². The van der Waals surface area contributed by atoms with E-state index in [1.54, 1.807) is 31.2 Å². The van der Waals surface area contributed by atoms with Crippen LogP contribution in [-0.2, 0) is 16.6 Å². The van der Waals surface area contributed by atoms with Crippen LogP contribution in [0.1, 0.15) is 19.4 Å². The first-order valence-corrected chi connectivity index (χ1v) is 8.13. The van der Waals surface area contributed by atoms with Crippen LogP contribution in [0, 0.1) is 0 Å². The van der Waals surface area contributed by atoms with Crippen LogP contribution in [0.25, 0.3) is 0 Å². The van der Waals surface area contributed by atoms with Gasteiger partial charge in [0.25, 0.3) is 0 Å². The van der Waals surface area contributed by atoms with Crippen molar-refractivity contribution >= 4 is 40.0 Å². The average Bonchev–Trinajstić information content (AvgIpc) is 2.83. The molecule has 0 radical (unpaired) electrons. The molecule has 1 aliphatic heterocycles. The molecule has 0 aromatic heterocycles. The van der Waals surface area contributed by atoms with Crippen LogP contribution in [-0.4, -0.2) is 33.5 Å². The number of aliphatic imine (C=N–C) groups is 1. The molecule has 1 atom stereocenters. The molecule has 0 amide bonds. The highest BCUT2D eigenvalue weighted by Crippen LogP contribution is 2.10. The lowest BCUT2D eigenvalue weighted by atomic mass is 10.2. The molecule has 3 N–H and O–H groups in total. The van der Waals surface area contributed by atoms with Gasteiger partial charge in [-0.3, -0.25) is 4.99 Å². The number of benzene rings is 1. The number of hydrogen-bond acceptors (Lipinski definition) is 5. The van der Waals surface area contributed by atoms with Crippen molar-refractivity contribution < 1.29 is 8.42 Å². The maximum atomic E-state index is 11.8. The highest BCUT2D eigenvalue weighted by Gasteiger charge is 2.13. The Morgan fingerprint density at radius 1 is 1.33 bits per heavy atom. The second-order valence-electron chi connectivity index (χ2n) is 4.73. The number of sulfonamides is 1. The first-order valence-electron chi connectivity index (χ1n) is 6.64. The van der Waals surface area contributed by atoms with Gasteiger partial charge in [0, 0.05) is 19.1 Å². The zero-order valence-electron chi connectivity index (χ0n) is 12.1. The van der Waals surface area contributed by atoms with E-state index in [4.69, 9.17) is 0 Å². The third-order valence-electron chi connectivity index (χ3n) is 2.93. The Kier molecular flexibility index (Phi) is 6.88. The Morgan fingerprint density at radius 2 is 2.00 bits per heavy atom. The zero-order valence-corrected chi connectivity index (χ0v) is 15.2. The first kappa shape index (κ1) is 18.2. The van der Waals surface area contributed by atoms with Gasteiger partial charge in [0.15, 0.2) is 5.96 Å². The molecule has 0 saturated heterocycles. The predicted molar refractivity (Wildman–Crippen MR) is 94.5 cm³/mol. The van der Waals surface area contributed by atoms with E-state index in [-0.39, 0.29) is 28.9 Å². The minimum atomic E-state index is -3.37. The molecule has 0 bridgehead atoms. The molecule has 1 aromatic carbocycles. The summed E-state index contributed by atoms with van der Waals surface area (Å²) < 4.78 is 26.0. The minimum Gasteiger partial charge on any atom is -0.352 e. The summed E-state index contributed by atoms with van der Waals surface area (Å²) in [6, 6.07) is 7.19. The van der Waals surface area contributed by atoms with Crippen molar-refractivity contribution in [3.8, 4) is 0 Å². The van der Waals surface area contributed by atoms with Crippen LogP contribution in [0.2, 0.25) is 0 Å². The number of halogens is 1. The Balaban J connectivity index is 0.00000220. The van der Waals surface area contributed by atoms with Crippen molar-refractivity contribution in [3.05, 3.63) is 29.8 Å². The molecule has 0 spiro atoms. The van der Waals surface area contributed by atoms with E-state index in [2.05, 4.69) is 27.3 Å². The monoisotopic (exact) mass is 424 g/mol. The van der Waals surface area contributed by atoms with Gasteiger partial charge in [0.1, 0.15) is 0 Å². The topological polar surface area (TPSA) is 82.6 Å². The highest BCUT2D eigenvalue weighted by atomic mass is 127. The maximum Gasteiger partial charge on any atom is 0.240 e. The quantitative estimate of drug-likeness (QED) is 0.617. The summed E-state index contributed by atoms with van der Waals surface area (Å²) >= 11 is 0. The van der Waals surface area contributed by atoms with E-state index >= 15 is 0 Å². The fourth-order valence-electron chi connectivity index (χ4n) is 1.91. The maximum absolute atomic E-state index is 11.8. The molecule has 8 heteroatoms. The van der Waals surface area contributed by atoms with Gasteiger partial charge in [0.05, 0.1) is 11.4 Å². The number of hydrogen-bond donors (Lipinski definition) is 3. The van der Waals surface area contributed by atoms with E-state index in [1.165, 1.54) is 0 Å². The molecule has 0 aliphatic carbocycles. The smallest absolute Gasteiger partial charge is 0.240 e. The summed E-state index contributed by atoms with van der Waals surface area (Å²) in [5, 5.41) is 6.39. The number of guanidine groups is 1. The van der Waals surface area contributed by atoms with Gasteiger partial charge in [-0.25, -0.2) is 13.1 Å². The first-order chi connectivity index (χ1) is 9.51. The molecule has 1 heterocycles. The van der Waals surface area contributed by atoms with Crippen molar-refractivity contribution in [1.29, 1.82) is 0 Å². The summed E-state index contributed by atoms with van der Waals surface area (Å²) in [5.74, 6) is 0.793. The largest absolute Gasteiger partial charge is 0.352 e. The van der Waals surface area contributed by atoms with Gasteiger partial charge in [-0.2, -0.15) is 0 Å². The van der Waals surface area contributed by atoms with Crippen LogP contribution in [0.15, 0.2) is 34.2 Å². The summed E-state index contributed by atoms with van der Waals surface area (Å²) in [5.41, 5.74) is 1.00. The lowest BCUT2D eigenvalue weighted by Gasteiger charge is -2.09. The molecule has 21 heavy (non-hydrogen) atoms. The average molecular weight is 424 g/mol. The van der Waals surface area contributed by atoms with Crippen molar-refractivity contribution in [2.45, 2.75) is 31.3 Å². The molecule has 0 fully saturated rings. The van der Waals surface area contributed by atoms with E-state index in [9.17, 15) is 8.42 Å². The fraction of sp³-hybridized carbons (Fsp3) is 0.462. The van der Waals surface area contributed by atoms with Crippen molar-refractivity contribution in [2.75, 3.05) is 13.1 Å². The summed E-state index contributed by atoms with van der Waals surface area (Å²) in [6.07, 6.45) is 0. The van der Waals surface area contributed by atoms with E-state index in [0.29, 0.717) is 19.1 Å². The fourth-order valence-corrected chi connectivity index (χ4v) is 2.95. The molecule has 0 saturated carbocycles. The van der Waals surface area contributed by atoms with Crippen LogP contribution in [0.4, 0.5) is 0 Å². The Morgan fingerprint density at radius 3 is 2.52 bits per heavy atom. The van der Waals surface area contributed by atoms with E-state index < -0.39 is 10.0 Å². The van der Waals surface area contributed by atoms with Crippen LogP contribution < -0.4 is 15.4 Å². The number of rotatable bonds is 5. The van der Waals surface area contributed by atoms with Gasteiger partial charge in [-0.1, -0.05) is 19.1 Å². The van der Waals surface area contributed by atoms with E-state index in [1.807, 2.05) is 0 Å². The zero-order chi connectivity index (χ0) is 14.6. The predicted octanol–water partition coefficient (Wildman–Crippen LogP) is 1.04. The standard InChI is InChI=1S/C13H20N4O2S.HI/c1-3-16-20(18,19)12-6-4-11(5-7-12)9-15-13-14-8-10(2)17-13;/h4-7,10,16H,3,8-9H2,1-2H3,(H2,14,15,17);1H. The number of nitrogens with zero attached hydrogens (tertiary/aromatic N) is 1. The van der Waals surface area contributed by atoms with Gasteiger partial charge < -0.3 is 10.6 Å². The molecular weight excluding hydrogens is 403 g/mol. The van der Waals surface area contributed by atoms with Gasteiger partial charge in [-0.15, -0.1) is 24.0 Å². The molecule has 1 aromatic rings. The number of nitrogens with one attached hydrogen (secondary N) is 3. The molecule has 118 valence electrons. The van der Waals surface area contributed by atoms with Crippen molar-refractivity contribution in [1.82, 2.24) is 15.4 Å².